The zero-order chi connectivity index (χ0) is 55.2. The fourth-order valence-electron chi connectivity index (χ4n) is 9.04. The van der Waals surface area contributed by atoms with Crippen molar-refractivity contribution in [3.8, 4) is 15.4 Å². The number of aryl methyl sites for hydroxylation is 3. The van der Waals surface area contributed by atoms with Crippen LogP contribution >= 0.6 is 34.3 Å². The summed E-state index contributed by atoms with van der Waals surface area (Å²) in [6.45, 7) is 17.3. The second-order valence-corrected chi connectivity index (χ2v) is 22.9. The van der Waals surface area contributed by atoms with Crippen LogP contribution in [-0.2, 0) is 49.4 Å². The third kappa shape index (κ3) is 15.9. The number of likely N-dealkylation sites (tertiary alicyclic amines) is 1. The molecule has 0 unspecified atom stereocenters. The molecular weight excluding hydrogens is 1040 g/mol. The molecule has 21 heteroatoms. The molecule has 5 aromatic rings. The zero-order valence-electron chi connectivity index (χ0n) is 45.4. The molecule has 1 saturated heterocycles. The highest BCUT2D eigenvalue weighted by Gasteiger charge is 2.44. The number of carbonyl (C=O) groups is 4. The lowest BCUT2D eigenvalue weighted by Gasteiger charge is -2.35. The summed E-state index contributed by atoms with van der Waals surface area (Å²) in [6, 6.07) is 15.3. The number of thiophene rings is 2. The van der Waals surface area contributed by atoms with Gasteiger partial charge in [0.05, 0.1) is 64.5 Å². The number of hydrogen-bond donors (Lipinski definition) is 3. The number of aliphatic hydroxyl groups excluding tert-OH is 1. The number of ether oxygens (including phenoxy) is 5. The molecule has 4 amide bonds. The molecule has 0 bridgehead atoms. The van der Waals surface area contributed by atoms with Crippen LogP contribution in [-0.4, -0.2) is 163 Å². The minimum atomic E-state index is -0.965. The number of halogens is 1. The SMILES string of the molecule is Cc1ccsc1-c1ccc(CNC(=O)[C@@H]2C[C@@H](O)CN2C(=O)[C@@H](NC(=O)COCCOCCOCCCOCCOCCN(C)C(=O)C[C@@H]2N=C(c3ccc(Cl)cc3)c3c(sc(C)c3C)-n3c(C)nnc32)C(C)(C)C)cc1. The van der Waals surface area contributed by atoms with Crippen molar-refractivity contribution < 1.29 is 48.0 Å². The number of aliphatic hydroxyl groups is 1. The van der Waals surface area contributed by atoms with Crippen molar-refractivity contribution in [3.05, 3.63) is 109 Å². The van der Waals surface area contributed by atoms with Crippen molar-refractivity contribution in [2.75, 3.05) is 86.2 Å². The van der Waals surface area contributed by atoms with Crippen LogP contribution in [0.4, 0.5) is 0 Å². The lowest BCUT2D eigenvalue weighted by atomic mass is 9.85. The average Bonchev–Trinajstić information content (AvgIpc) is 4.34. The van der Waals surface area contributed by atoms with Crippen molar-refractivity contribution in [2.45, 2.75) is 98.5 Å². The Balaban J connectivity index is 0.714. The number of fused-ring (bicyclic) bond motifs is 3. The largest absolute Gasteiger partial charge is 0.391 e. The Morgan fingerprint density at radius 1 is 0.844 bits per heavy atom. The molecule has 2 aliphatic heterocycles. The van der Waals surface area contributed by atoms with E-state index >= 15 is 0 Å². The molecule has 1 fully saturated rings. The Kier molecular flexibility index (Phi) is 21.5. The van der Waals surface area contributed by atoms with Crippen LogP contribution in [0.5, 0.6) is 0 Å². The topological polar surface area (TPSA) is 208 Å². The summed E-state index contributed by atoms with van der Waals surface area (Å²) in [6.07, 6.45) is 0.0328. The van der Waals surface area contributed by atoms with Crippen molar-refractivity contribution >= 4 is 63.6 Å². The van der Waals surface area contributed by atoms with Gasteiger partial charge >= 0.3 is 0 Å². The average molecular weight is 1120 g/mol. The second kappa shape index (κ2) is 27.9. The smallest absolute Gasteiger partial charge is 0.246 e. The Morgan fingerprint density at radius 3 is 2.13 bits per heavy atom. The van der Waals surface area contributed by atoms with Gasteiger partial charge in [0, 0.05) is 72.2 Å². The van der Waals surface area contributed by atoms with Crippen molar-refractivity contribution in [1.82, 2.24) is 35.2 Å². The van der Waals surface area contributed by atoms with E-state index in [1.807, 2.05) is 80.8 Å². The molecule has 77 heavy (non-hydrogen) atoms. The Bertz CT molecular complexity index is 2810. The molecular formula is C56H73ClN8O10S2. The summed E-state index contributed by atoms with van der Waals surface area (Å²) < 4.78 is 30.3. The highest BCUT2D eigenvalue weighted by atomic mass is 35.5. The third-order valence-electron chi connectivity index (χ3n) is 13.5. The summed E-state index contributed by atoms with van der Waals surface area (Å²) >= 11 is 9.60. The molecule has 7 rings (SSSR count). The Hall–Kier alpha value is -5.42. The van der Waals surface area contributed by atoms with E-state index in [1.54, 1.807) is 34.6 Å². The second-order valence-electron chi connectivity index (χ2n) is 20.4. The maximum atomic E-state index is 14.0. The first-order valence-corrected chi connectivity index (χ1v) is 28.2. The van der Waals surface area contributed by atoms with Crippen LogP contribution in [0.15, 0.2) is 65.0 Å². The first-order chi connectivity index (χ1) is 36.9. The molecule has 0 aliphatic carbocycles. The van der Waals surface area contributed by atoms with E-state index in [0.717, 1.165) is 44.4 Å². The van der Waals surface area contributed by atoms with Gasteiger partial charge in [-0.1, -0.05) is 68.8 Å². The van der Waals surface area contributed by atoms with Crippen molar-refractivity contribution in [1.29, 1.82) is 0 Å². The minimum absolute atomic E-state index is 0.0146. The summed E-state index contributed by atoms with van der Waals surface area (Å²) in [5.41, 5.74) is 6.39. The maximum absolute atomic E-state index is 14.0. The molecule has 0 radical (unpaired) electrons. The molecule has 416 valence electrons. The molecule has 18 nitrogen and oxygen atoms in total. The van der Waals surface area contributed by atoms with Crippen molar-refractivity contribution in [2.24, 2.45) is 10.4 Å². The minimum Gasteiger partial charge on any atom is -0.391 e. The van der Waals surface area contributed by atoms with E-state index in [0.29, 0.717) is 70.1 Å². The summed E-state index contributed by atoms with van der Waals surface area (Å²) in [4.78, 5) is 64.6. The number of carbonyl (C=O) groups excluding carboxylic acids is 4. The molecule has 4 atom stereocenters. The molecule has 2 aliphatic rings. The molecule has 2 aromatic carbocycles. The fourth-order valence-corrected chi connectivity index (χ4v) is 11.3. The van der Waals surface area contributed by atoms with E-state index in [2.05, 4.69) is 53.0 Å². The molecule has 3 aromatic heterocycles. The number of rotatable bonds is 27. The summed E-state index contributed by atoms with van der Waals surface area (Å²) in [5.74, 6) is -0.00696. The molecule has 0 saturated carbocycles. The van der Waals surface area contributed by atoms with Gasteiger partial charge in [-0.25, -0.2) is 0 Å². The molecule has 3 N–H and O–H groups in total. The maximum Gasteiger partial charge on any atom is 0.246 e. The van der Waals surface area contributed by atoms with E-state index in [-0.39, 0.29) is 57.6 Å². The molecule has 5 heterocycles. The predicted octanol–water partition coefficient (Wildman–Crippen LogP) is 6.97. The van der Waals surface area contributed by atoms with E-state index in [4.69, 9.17) is 40.3 Å². The van der Waals surface area contributed by atoms with E-state index < -0.39 is 41.5 Å². The number of nitrogens with zero attached hydrogens (tertiary/aromatic N) is 6. The number of aliphatic imine (C=N–C) groups is 1. The monoisotopic (exact) mass is 1120 g/mol. The Labute approximate surface area is 464 Å². The Morgan fingerprint density at radius 2 is 1.48 bits per heavy atom. The third-order valence-corrected chi connectivity index (χ3v) is 16.0. The fraction of sp³-hybridized carbons (Fsp3) is 0.518. The first-order valence-electron chi connectivity index (χ1n) is 26.1. The van der Waals surface area contributed by atoms with Gasteiger partial charge in [-0.05, 0) is 85.4 Å². The number of amides is 4. The normalized spacial score (nSPS) is 16.6. The van der Waals surface area contributed by atoms with E-state index in [1.165, 1.54) is 20.2 Å². The van der Waals surface area contributed by atoms with Crippen LogP contribution in [0.1, 0.15) is 90.4 Å². The van der Waals surface area contributed by atoms with Gasteiger partial charge < -0.3 is 49.2 Å². The van der Waals surface area contributed by atoms with Gasteiger partial charge in [0.2, 0.25) is 23.6 Å². The van der Waals surface area contributed by atoms with Gasteiger partial charge in [0.15, 0.2) is 5.82 Å². The van der Waals surface area contributed by atoms with Gasteiger partial charge in [-0.3, -0.25) is 28.7 Å². The lowest BCUT2D eigenvalue weighted by molar-refractivity contribution is -0.144. The molecule has 0 spiro atoms. The van der Waals surface area contributed by atoms with E-state index in [9.17, 15) is 24.3 Å². The van der Waals surface area contributed by atoms with Gasteiger partial charge in [-0.15, -0.1) is 32.9 Å². The highest BCUT2D eigenvalue weighted by molar-refractivity contribution is 7.15. The number of likely N-dealkylation sites (N-methyl/N-ethyl adjacent to an activating group) is 1. The van der Waals surface area contributed by atoms with Gasteiger partial charge in [0.1, 0.15) is 35.6 Å². The summed E-state index contributed by atoms with van der Waals surface area (Å²) in [5, 5.41) is 28.9. The zero-order valence-corrected chi connectivity index (χ0v) is 47.8. The number of β-amino-alcohol motifs (C(OH)–C–C–N with tert-alkyl or cyclic N) is 1. The highest BCUT2D eigenvalue weighted by Crippen LogP contribution is 2.40. The lowest BCUT2D eigenvalue weighted by Crippen LogP contribution is -2.58. The first kappa shape index (κ1) is 59.2. The van der Waals surface area contributed by atoms with Gasteiger partial charge in [-0.2, -0.15) is 0 Å². The van der Waals surface area contributed by atoms with Crippen LogP contribution in [0.3, 0.4) is 0 Å². The number of aromatic nitrogens is 3. The van der Waals surface area contributed by atoms with Crippen LogP contribution < -0.4 is 10.6 Å². The number of nitrogens with one attached hydrogen (secondary N) is 2. The number of hydrogen-bond acceptors (Lipinski definition) is 15. The van der Waals surface area contributed by atoms with Crippen LogP contribution in [0.25, 0.3) is 15.4 Å². The van der Waals surface area contributed by atoms with Gasteiger partial charge in [0.25, 0.3) is 0 Å². The summed E-state index contributed by atoms with van der Waals surface area (Å²) in [7, 11) is 1.76. The van der Waals surface area contributed by atoms with Crippen molar-refractivity contribution in [3.63, 3.8) is 0 Å². The predicted molar refractivity (Wildman–Crippen MR) is 298 cm³/mol. The quantitative estimate of drug-likeness (QED) is 0.0456. The standard InChI is InChI=1S/C56H73ClN8O10S2/c1-35-18-29-76-50(35)41-12-10-39(11-13-41)32-58-53(69)45-30-43(66)33-64(45)54(70)51(56(5,6)7)60-46(67)34-75-28-27-74-26-24-72-21-9-20-71-23-25-73-22-19-63(8)47(68)31-44-52-62-61-38(4)65(52)55-48(36(2)37(3)77-55)49(59-44)40-14-16-42(57)17-15-40/h10-18,29,43-45,51,66H,9,19-28,30-34H2,1-8H3,(H,58,69)(H,60,67)/t43-,44+,45+,51-/m1/s1. The number of benzene rings is 2. The van der Waals surface area contributed by atoms with Crippen LogP contribution in [0.2, 0.25) is 5.02 Å². The van der Waals surface area contributed by atoms with Crippen LogP contribution in [0, 0.1) is 33.1 Å².